The van der Waals surface area contributed by atoms with Crippen molar-refractivity contribution in [1.29, 1.82) is 0 Å². The van der Waals surface area contributed by atoms with Gasteiger partial charge >= 0.3 is 0 Å². The van der Waals surface area contributed by atoms with E-state index in [9.17, 15) is 0 Å². The SMILES string of the molecule is c1ccc(-c2ccc(-c3cccc(-c4ccc5c(c4)c4ccccc4n5-c4ccc(-c5ccc6c(c5)c5ccccc5n6-c5ccccc5)cc4)c3)cc2)cc1. The summed E-state index contributed by atoms with van der Waals surface area (Å²) in [6.45, 7) is 0. The molecule has 2 heteroatoms. The summed E-state index contributed by atoms with van der Waals surface area (Å²) >= 11 is 0. The topological polar surface area (TPSA) is 9.86 Å². The smallest absolute Gasteiger partial charge is 0.0541 e. The summed E-state index contributed by atoms with van der Waals surface area (Å²) in [5, 5.41) is 5.02. The Morgan fingerprint density at radius 2 is 0.536 bits per heavy atom. The molecule has 262 valence electrons. The van der Waals surface area contributed by atoms with Crippen molar-refractivity contribution in [2.24, 2.45) is 0 Å². The number of fused-ring (bicyclic) bond motifs is 6. The first-order valence-corrected chi connectivity index (χ1v) is 19.3. The third-order valence-electron chi connectivity index (χ3n) is 11.3. The second-order valence-corrected chi connectivity index (χ2v) is 14.6. The van der Waals surface area contributed by atoms with Crippen molar-refractivity contribution in [3.05, 3.63) is 218 Å². The highest BCUT2D eigenvalue weighted by Gasteiger charge is 2.16. The lowest BCUT2D eigenvalue weighted by molar-refractivity contribution is 1.18. The maximum absolute atomic E-state index is 2.40. The van der Waals surface area contributed by atoms with Crippen molar-refractivity contribution >= 4 is 43.6 Å². The van der Waals surface area contributed by atoms with Gasteiger partial charge in [0, 0.05) is 32.9 Å². The van der Waals surface area contributed by atoms with E-state index in [0.29, 0.717) is 0 Å². The van der Waals surface area contributed by atoms with E-state index in [1.54, 1.807) is 0 Å². The van der Waals surface area contributed by atoms with E-state index >= 15 is 0 Å². The number of rotatable bonds is 6. The van der Waals surface area contributed by atoms with Crippen molar-refractivity contribution in [2.45, 2.75) is 0 Å². The Bertz CT molecular complexity index is 3200. The van der Waals surface area contributed by atoms with E-state index in [4.69, 9.17) is 0 Å². The molecule has 11 rings (SSSR count). The van der Waals surface area contributed by atoms with Gasteiger partial charge in [-0.25, -0.2) is 0 Å². The Labute approximate surface area is 325 Å². The first kappa shape index (κ1) is 32.0. The molecular weight excluding hydrogens is 677 g/mol. The molecule has 0 saturated heterocycles. The van der Waals surface area contributed by atoms with Crippen LogP contribution in [0.1, 0.15) is 0 Å². The number of para-hydroxylation sites is 3. The van der Waals surface area contributed by atoms with Crippen molar-refractivity contribution in [3.63, 3.8) is 0 Å². The molecule has 56 heavy (non-hydrogen) atoms. The van der Waals surface area contributed by atoms with Gasteiger partial charge in [-0.2, -0.15) is 0 Å². The number of nitrogens with zero attached hydrogens (tertiary/aromatic N) is 2. The summed E-state index contributed by atoms with van der Waals surface area (Å²) in [7, 11) is 0. The van der Waals surface area contributed by atoms with Gasteiger partial charge in [0.1, 0.15) is 0 Å². The van der Waals surface area contributed by atoms with Crippen LogP contribution in [0.5, 0.6) is 0 Å². The molecule has 2 heterocycles. The van der Waals surface area contributed by atoms with Crippen molar-refractivity contribution in [1.82, 2.24) is 9.13 Å². The second kappa shape index (κ2) is 13.2. The minimum atomic E-state index is 1.15. The number of hydrogen-bond donors (Lipinski definition) is 0. The lowest BCUT2D eigenvalue weighted by atomic mass is 9.96. The summed E-state index contributed by atoms with van der Waals surface area (Å²) in [6, 6.07) is 79.3. The zero-order valence-corrected chi connectivity index (χ0v) is 30.7. The van der Waals surface area contributed by atoms with E-state index in [2.05, 4.69) is 228 Å². The summed E-state index contributed by atoms with van der Waals surface area (Å²) in [5.74, 6) is 0. The van der Waals surface area contributed by atoms with Crippen LogP contribution >= 0.6 is 0 Å². The number of benzene rings is 9. The van der Waals surface area contributed by atoms with E-state index < -0.39 is 0 Å². The average Bonchev–Trinajstić information content (AvgIpc) is 3.79. The molecule has 0 spiro atoms. The predicted molar refractivity (Wildman–Crippen MR) is 237 cm³/mol. The number of hydrogen-bond acceptors (Lipinski definition) is 0. The summed E-state index contributed by atoms with van der Waals surface area (Å²) in [5.41, 5.74) is 16.9. The molecular formula is C54H36N2. The first-order valence-electron chi connectivity index (χ1n) is 19.3. The van der Waals surface area contributed by atoms with Gasteiger partial charge in [0.25, 0.3) is 0 Å². The molecule has 0 amide bonds. The van der Waals surface area contributed by atoms with Crippen LogP contribution in [0, 0.1) is 0 Å². The van der Waals surface area contributed by atoms with Gasteiger partial charge in [-0.15, -0.1) is 0 Å². The summed E-state index contributed by atoms with van der Waals surface area (Å²) < 4.78 is 4.77. The second-order valence-electron chi connectivity index (χ2n) is 14.6. The van der Waals surface area contributed by atoms with Crippen LogP contribution in [0.3, 0.4) is 0 Å². The minimum absolute atomic E-state index is 1.15. The Hall–Kier alpha value is -7.42. The molecule has 0 bridgehead atoms. The van der Waals surface area contributed by atoms with Gasteiger partial charge < -0.3 is 9.13 Å². The number of aromatic nitrogens is 2. The Morgan fingerprint density at radius 3 is 1.11 bits per heavy atom. The van der Waals surface area contributed by atoms with E-state index in [0.717, 1.165) is 5.69 Å². The maximum Gasteiger partial charge on any atom is 0.0541 e. The van der Waals surface area contributed by atoms with Crippen LogP contribution < -0.4 is 0 Å². The summed E-state index contributed by atoms with van der Waals surface area (Å²) in [4.78, 5) is 0. The van der Waals surface area contributed by atoms with Crippen molar-refractivity contribution in [2.75, 3.05) is 0 Å². The fourth-order valence-electron chi connectivity index (χ4n) is 8.61. The monoisotopic (exact) mass is 712 g/mol. The maximum atomic E-state index is 2.40. The van der Waals surface area contributed by atoms with Crippen molar-refractivity contribution < 1.29 is 0 Å². The van der Waals surface area contributed by atoms with Crippen LogP contribution in [-0.4, -0.2) is 9.13 Å². The van der Waals surface area contributed by atoms with Crippen molar-refractivity contribution in [3.8, 4) is 55.9 Å². The standard InChI is InChI=1S/C54H36N2/c1-3-12-37(13-4-1)38-22-24-39(25-23-38)41-14-11-15-42(34-41)44-29-33-54-50(36-44)48-19-8-10-21-52(48)56(54)46-30-26-40(27-31-46)43-28-32-53-49(35-43)47-18-7-9-20-51(47)55(53)45-16-5-2-6-17-45/h1-36H. The van der Waals surface area contributed by atoms with Gasteiger partial charge in [0.05, 0.1) is 22.1 Å². The van der Waals surface area contributed by atoms with Crippen LogP contribution in [0.2, 0.25) is 0 Å². The van der Waals surface area contributed by atoms with Crippen LogP contribution in [0.15, 0.2) is 218 Å². The van der Waals surface area contributed by atoms with Gasteiger partial charge in [-0.1, -0.05) is 152 Å². The molecule has 0 aliphatic carbocycles. The molecule has 0 fully saturated rings. The Balaban J connectivity index is 0.947. The molecule has 0 aliphatic heterocycles. The van der Waals surface area contributed by atoms with Gasteiger partial charge in [0.2, 0.25) is 0 Å². The highest BCUT2D eigenvalue weighted by Crippen LogP contribution is 2.38. The van der Waals surface area contributed by atoms with Crippen LogP contribution in [0.4, 0.5) is 0 Å². The Morgan fingerprint density at radius 1 is 0.196 bits per heavy atom. The lowest BCUT2D eigenvalue weighted by Gasteiger charge is -2.11. The van der Waals surface area contributed by atoms with Gasteiger partial charge in [0.15, 0.2) is 0 Å². The zero-order chi connectivity index (χ0) is 37.0. The largest absolute Gasteiger partial charge is 0.309 e. The summed E-state index contributed by atoms with van der Waals surface area (Å²) in [6.07, 6.45) is 0. The fourth-order valence-corrected chi connectivity index (χ4v) is 8.61. The molecule has 11 aromatic rings. The molecule has 0 N–H and O–H groups in total. The van der Waals surface area contributed by atoms with E-state index in [1.807, 2.05) is 0 Å². The molecule has 0 saturated carbocycles. The van der Waals surface area contributed by atoms with Gasteiger partial charge in [-0.3, -0.25) is 0 Å². The fraction of sp³-hybridized carbons (Fsp3) is 0. The van der Waals surface area contributed by atoms with E-state index in [-0.39, 0.29) is 0 Å². The predicted octanol–water partition coefficient (Wildman–Crippen LogP) is 14.5. The third kappa shape index (κ3) is 5.34. The normalized spacial score (nSPS) is 11.6. The Kier molecular flexibility index (Phi) is 7.53. The molecule has 0 aliphatic rings. The average molecular weight is 713 g/mol. The molecule has 0 atom stereocenters. The zero-order valence-electron chi connectivity index (χ0n) is 30.7. The van der Waals surface area contributed by atoms with Gasteiger partial charge in [-0.05, 0) is 111 Å². The highest BCUT2D eigenvalue weighted by molar-refractivity contribution is 6.11. The molecule has 9 aromatic carbocycles. The van der Waals surface area contributed by atoms with E-state index in [1.165, 1.54) is 93.8 Å². The minimum Gasteiger partial charge on any atom is -0.309 e. The highest BCUT2D eigenvalue weighted by atomic mass is 15.0. The quantitative estimate of drug-likeness (QED) is 0.162. The third-order valence-corrected chi connectivity index (χ3v) is 11.3. The molecule has 2 aromatic heterocycles. The first-order chi connectivity index (χ1) is 27.8. The lowest BCUT2D eigenvalue weighted by Crippen LogP contribution is -1.94. The molecule has 2 nitrogen and oxygen atoms in total. The van der Waals surface area contributed by atoms with Crippen LogP contribution in [-0.2, 0) is 0 Å². The van der Waals surface area contributed by atoms with Crippen LogP contribution in [0.25, 0.3) is 99.5 Å². The molecule has 0 radical (unpaired) electrons. The molecule has 0 unspecified atom stereocenters.